The highest BCUT2D eigenvalue weighted by Gasteiger charge is 2.32. The van der Waals surface area contributed by atoms with E-state index in [2.05, 4.69) is 0 Å². The normalized spacial score (nSPS) is 19.7. The molecule has 1 heterocycles. The molecule has 1 aliphatic heterocycles. The van der Waals surface area contributed by atoms with Gasteiger partial charge in [-0.15, -0.1) is 0 Å². The molecule has 24 heavy (non-hydrogen) atoms. The van der Waals surface area contributed by atoms with Gasteiger partial charge < -0.3 is 19.5 Å². The summed E-state index contributed by atoms with van der Waals surface area (Å²) in [4.78, 5) is 14.2. The van der Waals surface area contributed by atoms with Crippen molar-refractivity contribution < 1.29 is 19.4 Å². The second-order valence-electron chi connectivity index (χ2n) is 7.35. The van der Waals surface area contributed by atoms with Crippen LogP contribution in [0, 0.1) is 0 Å². The molecule has 0 bridgehead atoms. The maximum Gasteiger partial charge on any atom is 0.410 e. The summed E-state index contributed by atoms with van der Waals surface area (Å²) in [7, 11) is 1.61. The fraction of sp³-hybridized carbons (Fsp3) is 0.632. The Bertz CT molecular complexity index is 553. The van der Waals surface area contributed by atoms with Crippen molar-refractivity contribution in [2.24, 2.45) is 0 Å². The standard InChI is InChI=1S/C19H29NO4/c1-19(2,3)24-18(22)20-11-6-5-9-15(20)13-17(21)14-8-7-10-16(12-14)23-4/h7-8,10,12,15,17,21H,5-6,9,11,13H2,1-4H3. The van der Waals surface area contributed by atoms with Gasteiger partial charge in [0, 0.05) is 12.6 Å². The number of nitrogens with zero attached hydrogens (tertiary/aromatic N) is 1. The van der Waals surface area contributed by atoms with Crippen LogP contribution in [0.2, 0.25) is 0 Å². The predicted octanol–water partition coefficient (Wildman–Crippen LogP) is 3.91. The zero-order chi connectivity index (χ0) is 17.7. The first-order valence-corrected chi connectivity index (χ1v) is 8.62. The van der Waals surface area contributed by atoms with Gasteiger partial charge in [0.05, 0.1) is 13.2 Å². The zero-order valence-corrected chi connectivity index (χ0v) is 15.1. The highest BCUT2D eigenvalue weighted by atomic mass is 16.6. The van der Waals surface area contributed by atoms with Crippen LogP contribution in [-0.4, -0.2) is 41.4 Å². The van der Waals surface area contributed by atoms with Crippen molar-refractivity contribution in [3.05, 3.63) is 29.8 Å². The topological polar surface area (TPSA) is 59.0 Å². The minimum Gasteiger partial charge on any atom is -0.497 e. The van der Waals surface area contributed by atoms with E-state index in [-0.39, 0.29) is 12.1 Å². The number of piperidine rings is 1. The third kappa shape index (κ3) is 5.13. The summed E-state index contributed by atoms with van der Waals surface area (Å²) in [5.41, 5.74) is 0.300. The molecular weight excluding hydrogens is 306 g/mol. The molecule has 2 rings (SSSR count). The number of likely N-dealkylation sites (tertiary alicyclic amines) is 1. The molecule has 0 spiro atoms. The van der Waals surface area contributed by atoms with Crippen LogP contribution in [0.25, 0.3) is 0 Å². The third-order valence-electron chi connectivity index (χ3n) is 4.23. The van der Waals surface area contributed by atoms with E-state index in [1.807, 2.05) is 45.0 Å². The molecule has 0 aliphatic carbocycles. The molecule has 5 heteroatoms. The van der Waals surface area contributed by atoms with Gasteiger partial charge in [0.1, 0.15) is 11.4 Å². The van der Waals surface area contributed by atoms with Gasteiger partial charge >= 0.3 is 6.09 Å². The number of ether oxygens (including phenoxy) is 2. The monoisotopic (exact) mass is 335 g/mol. The van der Waals surface area contributed by atoms with Crippen LogP contribution >= 0.6 is 0 Å². The van der Waals surface area contributed by atoms with E-state index in [4.69, 9.17) is 9.47 Å². The second kappa shape index (κ2) is 7.88. The van der Waals surface area contributed by atoms with Gasteiger partial charge in [-0.25, -0.2) is 4.79 Å². The van der Waals surface area contributed by atoms with Crippen molar-refractivity contribution in [1.29, 1.82) is 0 Å². The number of amides is 1. The Morgan fingerprint density at radius 1 is 1.38 bits per heavy atom. The van der Waals surface area contributed by atoms with Gasteiger partial charge in [0.15, 0.2) is 0 Å². The van der Waals surface area contributed by atoms with Crippen LogP contribution in [0.1, 0.15) is 58.1 Å². The number of aliphatic hydroxyl groups is 1. The maximum atomic E-state index is 12.4. The minimum absolute atomic E-state index is 0.00481. The van der Waals surface area contributed by atoms with Crippen LogP contribution in [0.4, 0.5) is 4.79 Å². The van der Waals surface area contributed by atoms with Crippen LogP contribution in [0.3, 0.4) is 0 Å². The molecule has 1 N–H and O–H groups in total. The van der Waals surface area contributed by atoms with Crippen LogP contribution in [0.5, 0.6) is 5.75 Å². The number of aliphatic hydroxyl groups excluding tert-OH is 1. The summed E-state index contributed by atoms with van der Waals surface area (Å²) < 4.78 is 10.7. The second-order valence-corrected chi connectivity index (χ2v) is 7.35. The van der Waals surface area contributed by atoms with Crippen molar-refractivity contribution in [2.45, 2.75) is 64.2 Å². The molecule has 5 nitrogen and oxygen atoms in total. The smallest absolute Gasteiger partial charge is 0.410 e. The number of hydrogen-bond acceptors (Lipinski definition) is 4. The molecule has 1 saturated heterocycles. The Labute approximate surface area is 144 Å². The van der Waals surface area contributed by atoms with Gasteiger partial charge in [-0.1, -0.05) is 12.1 Å². The quantitative estimate of drug-likeness (QED) is 0.906. The molecule has 0 saturated carbocycles. The zero-order valence-electron chi connectivity index (χ0n) is 15.1. The van der Waals surface area contributed by atoms with Gasteiger partial charge in [-0.2, -0.15) is 0 Å². The summed E-state index contributed by atoms with van der Waals surface area (Å²) >= 11 is 0. The molecule has 134 valence electrons. The molecule has 1 fully saturated rings. The number of methoxy groups -OCH3 is 1. The van der Waals surface area contributed by atoms with E-state index in [1.165, 1.54) is 0 Å². The Morgan fingerprint density at radius 2 is 2.12 bits per heavy atom. The molecule has 2 unspecified atom stereocenters. The Morgan fingerprint density at radius 3 is 2.79 bits per heavy atom. The van der Waals surface area contributed by atoms with E-state index < -0.39 is 11.7 Å². The lowest BCUT2D eigenvalue weighted by molar-refractivity contribution is 0.00235. The van der Waals surface area contributed by atoms with Gasteiger partial charge in [0.25, 0.3) is 0 Å². The molecule has 1 aromatic carbocycles. The lowest BCUT2D eigenvalue weighted by Gasteiger charge is -2.37. The number of rotatable bonds is 4. The predicted molar refractivity (Wildman–Crippen MR) is 93.1 cm³/mol. The van der Waals surface area contributed by atoms with E-state index in [0.29, 0.717) is 13.0 Å². The SMILES string of the molecule is COc1cccc(C(O)CC2CCCCN2C(=O)OC(C)(C)C)c1. The largest absolute Gasteiger partial charge is 0.497 e. The Hall–Kier alpha value is -1.75. The Kier molecular flexibility index (Phi) is 6.10. The van der Waals surface area contributed by atoms with Crippen LogP contribution in [-0.2, 0) is 4.74 Å². The lowest BCUT2D eigenvalue weighted by atomic mass is 9.94. The maximum absolute atomic E-state index is 12.4. The first kappa shape index (κ1) is 18.6. The fourth-order valence-corrected chi connectivity index (χ4v) is 3.05. The van der Waals surface area contributed by atoms with Crippen molar-refractivity contribution in [2.75, 3.05) is 13.7 Å². The average molecular weight is 335 g/mol. The van der Waals surface area contributed by atoms with E-state index in [9.17, 15) is 9.90 Å². The summed E-state index contributed by atoms with van der Waals surface area (Å²) in [6.07, 6.45) is 2.52. The number of hydrogen-bond donors (Lipinski definition) is 1. The van der Waals surface area contributed by atoms with Crippen LogP contribution in [0.15, 0.2) is 24.3 Å². The summed E-state index contributed by atoms with van der Waals surface area (Å²) in [5.74, 6) is 0.721. The molecular formula is C19H29NO4. The van der Waals surface area contributed by atoms with Gasteiger partial charge in [-0.05, 0) is 64.2 Å². The lowest BCUT2D eigenvalue weighted by Crippen LogP contribution is -2.46. The van der Waals surface area contributed by atoms with Crippen molar-refractivity contribution in [3.8, 4) is 5.75 Å². The summed E-state index contributed by atoms with van der Waals surface area (Å²) in [6, 6.07) is 7.43. The van der Waals surface area contributed by atoms with Crippen molar-refractivity contribution >= 4 is 6.09 Å². The van der Waals surface area contributed by atoms with Crippen molar-refractivity contribution in [3.63, 3.8) is 0 Å². The summed E-state index contributed by atoms with van der Waals surface area (Å²) in [6.45, 7) is 6.29. The highest BCUT2D eigenvalue weighted by molar-refractivity contribution is 5.68. The Balaban J connectivity index is 2.05. The molecule has 1 aliphatic rings. The fourth-order valence-electron chi connectivity index (χ4n) is 3.05. The number of carbonyl (C=O) groups excluding carboxylic acids is 1. The molecule has 2 atom stereocenters. The van der Waals surface area contributed by atoms with E-state index >= 15 is 0 Å². The number of carbonyl (C=O) groups is 1. The minimum atomic E-state index is -0.631. The first-order chi connectivity index (χ1) is 11.3. The van der Waals surface area contributed by atoms with E-state index in [0.717, 1.165) is 30.6 Å². The highest BCUT2D eigenvalue weighted by Crippen LogP contribution is 2.29. The van der Waals surface area contributed by atoms with Gasteiger partial charge in [-0.3, -0.25) is 0 Å². The number of benzene rings is 1. The average Bonchev–Trinajstić information content (AvgIpc) is 2.53. The third-order valence-corrected chi connectivity index (χ3v) is 4.23. The van der Waals surface area contributed by atoms with E-state index in [1.54, 1.807) is 12.0 Å². The molecule has 1 aromatic rings. The van der Waals surface area contributed by atoms with Crippen molar-refractivity contribution in [1.82, 2.24) is 4.90 Å². The van der Waals surface area contributed by atoms with Gasteiger partial charge in [0.2, 0.25) is 0 Å². The summed E-state index contributed by atoms with van der Waals surface area (Å²) in [5, 5.41) is 10.6. The molecule has 0 radical (unpaired) electrons. The first-order valence-electron chi connectivity index (χ1n) is 8.62. The van der Waals surface area contributed by atoms with Crippen LogP contribution < -0.4 is 4.74 Å². The molecule has 1 amide bonds. The molecule has 0 aromatic heterocycles.